The minimum Gasteiger partial charge on any atom is -0.406 e. The zero-order chi connectivity index (χ0) is 18.9. The maximum atomic E-state index is 13.0. The smallest absolute Gasteiger partial charge is 0.406 e. The Labute approximate surface area is 149 Å². The average molecular weight is 367 g/mol. The molecule has 0 spiro atoms. The number of piperidine rings is 1. The topological polar surface area (TPSA) is 47.4 Å². The van der Waals surface area contributed by atoms with Crippen LogP contribution in [-0.2, 0) is 7.05 Å². The number of carbonyl (C=O) groups is 1. The summed E-state index contributed by atoms with van der Waals surface area (Å²) in [6.45, 7) is 2.10. The summed E-state index contributed by atoms with van der Waals surface area (Å²) in [4.78, 5) is 14.8. The lowest BCUT2D eigenvalue weighted by Crippen LogP contribution is -2.38. The normalized spacial score (nSPS) is 18.0. The van der Waals surface area contributed by atoms with Gasteiger partial charge in [-0.1, -0.05) is 0 Å². The molecule has 1 atom stereocenters. The Balaban J connectivity index is 1.84. The SMILES string of the molecule is Cc1cc(C(=O)N2CCCCC2c2cnn(C)c2)ccc1OC(F)(F)F. The number of halogens is 3. The molecule has 2 heterocycles. The van der Waals surface area contributed by atoms with Gasteiger partial charge >= 0.3 is 6.36 Å². The van der Waals surface area contributed by atoms with Gasteiger partial charge in [-0.25, -0.2) is 0 Å². The molecule has 1 saturated heterocycles. The second kappa shape index (κ2) is 7.01. The second-order valence-electron chi connectivity index (χ2n) is 6.49. The van der Waals surface area contributed by atoms with Gasteiger partial charge in [-0.05, 0) is 49.9 Å². The summed E-state index contributed by atoms with van der Waals surface area (Å²) in [5.41, 5.74) is 1.59. The molecule has 1 amide bonds. The number of carbonyl (C=O) groups excluding carboxylic acids is 1. The van der Waals surface area contributed by atoms with Crippen LogP contribution in [0.25, 0.3) is 0 Å². The first-order valence-corrected chi connectivity index (χ1v) is 8.40. The standard InChI is InChI=1S/C18H20F3N3O2/c1-12-9-13(6-7-16(12)26-18(19,20)21)17(25)24-8-4-3-5-15(24)14-10-22-23(2)11-14/h6-7,9-11,15H,3-5,8H2,1-2H3. The molecule has 5 nitrogen and oxygen atoms in total. The minimum atomic E-state index is -4.76. The van der Waals surface area contributed by atoms with E-state index in [0.717, 1.165) is 24.8 Å². The lowest BCUT2D eigenvalue weighted by molar-refractivity contribution is -0.274. The summed E-state index contributed by atoms with van der Waals surface area (Å²) in [7, 11) is 1.82. The van der Waals surface area contributed by atoms with E-state index in [-0.39, 0.29) is 23.3 Å². The fraction of sp³-hybridized carbons (Fsp3) is 0.444. The maximum Gasteiger partial charge on any atom is 0.573 e. The Bertz CT molecular complexity index is 801. The lowest BCUT2D eigenvalue weighted by atomic mass is 9.96. The molecular formula is C18H20F3N3O2. The largest absolute Gasteiger partial charge is 0.573 e. The first-order chi connectivity index (χ1) is 12.2. The number of ether oxygens (including phenoxy) is 1. The van der Waals surface area contributed by atoms with Crippen LogP contribution in [0, 0.1) is 6.92 Å². The molecule has 1 aromatic heterocycles. The number of hydrogen-bond donors (Lipinski definition) is 0. The number of benzene rings is 1. The Morgan fingerprint density at radius 3 is 2.69 bits per heavy atom. The van der Waals surface area contributed by atoms with Crippen LogP contribution >= 0.6 is 0 Å². The van der Waals surface area contributed by atoms with E-state index in [9.17, 15) is 18.0 Å². The predicted octanol–water partition coefficient (Wildman–Crippen LogP) is 3.99. The predicted molar refractivity (Wildman–Crippen MR) is 88.7 cm³/mol. The monoisotopic (exact) mass is 367 g/mol. The van der Waals surface area contributed by atoms with Crippen molar-refractivity contribution < 1.29 is 22.7 Å². The van der Waals surface area contributed by atoms with E-state index in [2.05, 4.69) is 9.84 Å². The van der Waals surface area contributed by atoms with E-state index in [1.54, 1.807) is 15.8 Å². The van der Waals surface area contributed by atoms with Gasteiger partial charge in [0, 0.05) is 30.9 Å². The third-order valence-corrected chi connectivity index (χ3v) is 4.52. The van der Waals surface area contributed by atoms with Crippen LogP contribution in [0.15, 0.2) is 30.6 Å². The van der Waals surface area contributed by atoms with Gasteiger partial charge in [-0.15, -0.1) is 13.2 Å². The molecular weight excluding hydrogens is 347 g/mol. The molecule has 0 N–H and O–H groups in total. The number of amides is 1. The highest BCUT2D eigenvalue weighted by Crippen LogP contribution is 2.33. The highest BCUT2D eigenvalue weighted by Gasteiger charge is 2.33. The fourth-order valence-corrected chi connectivity index (χ4v) is 3.32. The maximum absolute atomic E-state index is 13.0. The summed E-state index contributed by atoms with van der Waals surface area (Å²) in [6.07, 6.45) is 1.64. The molecule has 1 aliphatic heterocycles. The molecule has 2 aromatic rings. The van der Waals surface area contributed by atoms with Crippen molar-refractivity contribution >= 4 is 5.91 Å². The van der Waals surface area contributed by atoms with Crippen LogP contribution in [0.4, 0.5) is 13.2 Å². The van der Waals surface area contributed by atoms with Gasteiger partial charge in [-0.2, -0.15) is 5.10 Å². The average Bonchev–Trinajstić information content (AvgIpc) is 3.01. The van der Waals surface area contributed by atoms with E-state index >= 15 is 0 Å². The first kappa shape index (κ1) is 18.3. The Morgan fingerprint density at radius 2 is 2.08 bits per heavy atom. The van der Waals surface area contributed by atoms with Gasteiger partial charge < -0.3 is 9.64 Å². The van der Waals surface area contributed by atoms with Gasteiger partial charge in [-0.3, -0.25) is 9.48 Å². The van der Waals surface area contributed by atoms with Gasteiger partial charge in [0.2, 0.25) is 0 Å². The third kappa shape index (κ3) is 4.00. The summed E-state index contributed by atoms with van der Waals surface area (Å²) in [5, 5.41) is 4.17. The molecule has 8 heteroatoms. The molecule has 0 aliphatic carbocycles. The molecule has 3 rings (SSSR count). The van der Waals surface area contributed by atoms with Crippen molar-refractivity contribution in [3.05, 3.63) is 47.3 Å². The number of aromatic nitrogens is 2. The van der Waals surface area contributed by atoms with Crippen molar-refractivity contribution in [1.82, 2.24) is 14.7 Å². The summed E-state index contributed by atoms with van der Waals surface area (Å²) < 4.78 is 42.9. The lowest BCUT2D eigenvalue weighted by Gasteiger charge is -2.35. The molecule has 0 saturated carbocycles. The van der Waals surface area contributed by atoms with Gasteiger partial charge in [0.05, 0.1) is 12.2 Å². The van der Waals surface area contributed by atoms with Crippen LogP contribution < -0.4 is 4.74 Å². The van der Waals surface area contributed by atoms with Crippen molar-refractivity contribution in [2.24, 2.45) is 7.05 Å². The molecule has 0 radical (unpaired) electrons. The minimum absolute atomic E-state index is 0.0728. The van der Waals surface area contributed by atoms with E-state index < -0.39 is 6.36 Å². The van der Waals surface area contributed by atoms with Crippen molar-refractivity contribution in [3.63, 3.8) is 0 Å². The van der Waals surface area contributed by atoms with Crippen LogP contribution in [0.5, 0.6) is 5.75 Å². The summed E-state index contributed by atoms with van der Waals surface area (Å²) in [5.74, 6) is -0.489. The summed E-state index contributed by atoms with van der Waals surface area (Å²) in [6, 6.07) is 3.94. The number of nitrogens with zero attached hydrogens (tertiary/aromatic N) is 3. The van der Waals surface area contributed by atoms with Crippen molar-refractivity contribution in [2.45, 2.75) is 38.6 Å². The van der Waals surface area contributed by atoms with Crippen LogP contribution in [-0.4, -0.2) is 33.5 Å². The van der Waals surface area contributed by atoms with E-state index in [0.29, 0.717) is 12.1 Å². The molecule has 1 unspecified atom stereocenters. The molecule has 1 fully saturated rings. The van der Waals surface area contributed by atoms with E-state index in [1.807, 2.05) is 13.2 Å². The Hall–Kier alpha value is -2.51. The van der Waals surface area contributed by atoms with Crippen LogP contribution in [0.1, 0.15) is 46.8 Å². The highest BCUT2D eigenvalue weighted by atomic mass is 19.4. The zero-order valence-corrected chi connectivity index (χ0v) is 14.6. The first-order valence-electron chi connectivity index (χ1n) is 8.40. The van der Waals surface area contributed by atoms with Crippen LogP contribution in [0.2, 0.25) is 0 Å². The van der Waals surface area contributed by atoms with Gasteiger partial charge in [0.1, 0.15) is 5.75 Å². The van der Waals surface area contributed by atoms with E-state index in [1.165, 1.54) is 25.1 Å². The summed E-state index contributed by atoms with van der Waals surface area (Å²) >= 11 is 0. The highest BCUT2D eigenvalue weighted by molar-refractivity contribution is 5.95. The van der Waals surface area contributed by atoms with Gasteiger partial charge in [0.15, 0.2) is 0 Å². The van der Waals surface area contributed by atoms with Crippen molar-refractivity contribution in [3.8, 4) is 5.75 Å². The third-order valence-electron chi connectivity index (χ3n) is 4.52. The quantitative estimate of drug-likeness (QED) is 0.824. The van der Waals surface area contributed by atoms with Crippen molar-refractivity contribution in [1.29, 1.82) is 0 Å². The van der Waals surface area contributed by atoms with E-state index in [4.69, 9.17) is 0 Å². The number of alkyl halides is 3. The molecule has 26 heavy (non-hydrogen) atoms. The zero-order valence-electron chi connectivity index (χ0n) is 14.6. The Kier molecular flexibility index (Phi) is 4.93. The fourth-order valence-electron chi connectivity index (χ4n) is 3.32. The molecule has 1 aliphatic rings. The van der Waals surface area contributed by atoms with Crippen LogP contribution in [0.3, 0.4) is 0 Å². The number of likely N-dealkylation sites (tertiary alicyclic amines) is 1. The molecule has 1 aromatic carbocycles. The number of hydrogen-bond acceptors (Lipinski definition) is 3. The molecule has 0 bridgehead atoms. The van der Waals surface area contributed by atoms with Gasteiger partial charge in [0.25, 0.3) is 5.91 Å². The number of rotatable bonds is 3. The Morgan fingerprint density at radius 1 is 1.31 bits per heavy atom. The number of aryl methyl sites for hydroxylation is 2. The second-order valence-corrected chi connectivity index (χ2v) is 6.49. The van der Waals surface area contributed by atoms with Crippen molar-refractivity contribution in [2.75, 3.05) is 6.54 Å². The molecule has 140 valence electrons.